The van der Waals surface area contributed by atoms with Gasteiger partial charge in [-0.1, -0.05) is 35.9 Å². The summed E-state index contributed by atoms with van der Waals surface area (Å²) in [5.41, 5.74) is 1.73. The monoisotopic (exact) mass is 453 g/mol. The van der Waals surface area contributed by atoms with Crippen LogP contribution in [-0.2, 0) is 10.0 Å². The zero-order valence-electron chi connectivity index (χ0n) is 16.7. The molecule has 1 aliphatic rings. The molecular formula is C23H18ClN2O4S+. The summed E-state index contributed by atoms with van der Waals surface area (Å²) in [6.45, 7) is 3.70. The highest BCUT2D eigenvalue weighted by Gasteiger charge is 2.40. The highest BCUT2D eigenvalue weighted by molar-refractivity contribution is 7.89. The van der Waals surface area contributed by atoms with Crippen molar-refractivity contribution in [2.24, 2.45) is 0 Å². The average molecular weight is 454 g/mol. The SMILES string of the molecule is Cc1cc(C)c[n+](C2=C(NS(=O)(=O)c3ccc(Cl)cc3)C(=O)c3ccccc3C2=O)c1. The summed E-state index contributed by atoms with van der Waals surface area (Å²) < 4.78 is 29.9. The largest absolute Gasteiger partial charge is 0.287 e. The van der Waals surface area contributed by atoms with E-state index >= 15 is 0 Å². The van der Waals surface area contributed by atoms with Crippen LogP contribution in [0.3, 0.4) is 0 Å². The first-order valence-electron chi connectivity index (χ1n) is 9.38. The summed E-state index contributed by atoms with van der Waals surface area (Å²) in [6, 6.07) is 13.8. The average Bonchev–Trinajstić information content (AvgIpc) is 2.71. The fourth-order valence-corrected chi connectivity index (χ4v) is 4.75. The van der Waals surface area contributed by atoms with Gasteiger partial charge in [0, 0.05) is 27.3 Å². The lowest BCUT2D eigenvalue weighted by atomic mass is 9.90. The second-order valence-corrected chi connectivity index (χ2v) is 9.40. The number of carbonyl (C=O) groups is 2. The lowest BCUT2D eigenvalue weighted by Gasteiger charge is -2.18. The summed E-state index contributed by atoms with van der Waals surface area (Å²) in [5.74, 6) is -1.02. The first-order valence-corrected chi connectivity index (χ1v) is 11.2. The number of hydrogen-bond acceptors (Lipinski definition) is 4. The van der Waals surface area contributed by atoms with E-state index in [0.717, 1.165) is 11.1 Å². The van der Waals surface area contributed by atoms with Crippen LogP contribution in [0.25, 0.3) is 5.70 Å². The number of nitrogens with one attached hydrogen (secondary N) is 1. The molecule has 0 bridgehead atoms. The van der Waals surface area contributed by atoms with Crippen LogP contribution in [0, 0.1) is 13.8 Å². The highest BCUT2D eigenvalue weighted by Crippen LogP contribution is 2.27. The fourth-order valence-electron chi connectivity index (χ4n) is 3.55. The van der Waals surface area contributed by atoms with Crippen LogP contribution >= 0.6 is 11.6 Å². The normalized spacial score (nSPS) is 13.9. The maximum Gasteiger partial charge on any atom is 0.287 e. The number of aryl methyl sites for hydroxylation is 2. The van der Waals surface area contributed by atoms with E-state index < -0.39 is 21.6 Å². The molecule has 0 amide bonds. The van der Waals surface area contributed by atoms with E-state index in [1.54, 1.807) is 30.6 Å². The number of allylic oxidation sites excluding steroid dienone is 2. The van der Waals surface area contributed by atoms with E-state index in [0.29, 0.717) is 5.02 Å². The lowest BCUT2D eigenvalue weighted by molar-refractivity contribution is -0.578. The van der Waals surface area contributed by atoms with Gasteiger partial charge in [-0.05, 0) is 44.2 Å². The Hall–Kier alpha value is -3.29. The maximum atomic E-state index is 13.4. The third-order valence-corrected chi connectivity index (χ3v) is 6.47. The number of pyridine rings is 1. The number of Topliss-reactive ketones (excluding diaryl/α,β-unsaturated/α-hetero) is 2. The smallest absolute Gasteiger partial charge is 0.287 e. The number of rotatable bonds is 4. The molecule has 1 aromatic heterocycles. The molecule has 3 aromatic rings. The van der Waals surface area contributed by atoms with Gasteiger partial charge in [-0.2, -0.15) is 4.57 Å². The van der Waals surface area contributed by atoms with Gasteiger partial charge < -0.3 is 0 Å². The topological polar surface area (TPSA) is 84.2 Å². The minimum absolute atomic E-state index is 0.0481. The zero-order valence-corrected chi connectivity index (χ0v) is 18.3. The van der Waals surface area contributed by atoms with Gasteiger partial charge in [0.15, 0.2) is 18.1 Å². The molecule has 1 N–H and O–H groups in total. The third-order valence-electron chi connectivity index (χ3n) is 4.85. The third kappa shape index (κ3) is 3.89. The van der Waals surface area contributed by atoms with E-state index in [1.165, 1.54) is 34.9 Å². The van der Waals surface area contributed by atoms with Crippen molar-refractivity contribution >= 4 is 38.9 Å². The molecule has 2 aromatic carbocycles. The molecule has 31 heavy (non-hydrogen) atoms. The van der Waals surface area contributed by atoms with Gasteiger partial charge in [-0.3, -0.25) is 14.3 Å². The summed E-state index contributed by atoms with van der Waals surface area (Å²) in [5, 5.41) is 0.377. The van der Waals surface area contributed by atoms with Crippen LogP contribution in [0.2, 0.25) is 5.02 Å². The van der Waals surface area contributed by atoms with Crippen molar-refractivity contribution in [1.82, 2.24) is 4.72 Å². The summed E-state index contributed by atoms with van der Waals surface area (Å²) in [4.78, 5) is 26.6. The van der Waals surface area contributed by atoms with Crippen LogP contribution in [0.4, 0.5) is 0 Å². The molecule has 0 spiro atoms. The Balaban J connectivity index is 1.94. The van der Waals surface area contributed by atoms with Crippen molar-refractivity contribution in [2.75, 3.05) is 0 Å². The molecule has 0 saturated heterocycles. The molecule has 0 radical (unpaired) electrons. The standard InChI is InChI=1S/C23H17ClN2O4S/c1-14-11-15(2)13-26(12-14)21-20(22(27)18-5-3-4-6-19(18)23(21)28)25-31(29,30)17-9-7-16(24)8-10-17/h3-13H,1-2H3/p+1. The molecule has 0 aliphatic heterocycles. The molecule has 0 fully saturated rings. The number of carbonyl (C=O) groups excluding carboxylic acids is 2. The minimum atomic E-state index is -4.15. The van der Waals surface area contributed by atoms with Gasteiger partial charge in [-0.15, -0.1) is 0 Å². The Bertz CT molecular complexity index is 1360. The number of nitrogens with zero attached hydrogens (tertiary/aromatic N) is 1. The zero-order chi connectivity index (χ0) is 22.3. The number of benzene rings is 2. The van der Waals surface area contributed by atoms with Crippen molar-refractivity contribution in [1.29, 1.82) is 0 Å². The molecule has 0 atom stereocenters. The number of halogens is 1. The Kier molecular flexibility index (Phi) is 5.24. The number of aromatic nitrogens is 1. The number of fused-ring (bicyclic) bond motifs is 1. The van der Waals surface area contributed by atoms with Gasteiger partial charge in [-0.25, -0.2) is 8.42 Å². The van der Waals surface area contributed by atoms with E-state index in [-0.39, 0.29) is 27.4 Å². The van der Waals surface area contributed by atoms with Crippen LogP contribution in [0.5, 0.6) is 0 Å². The van der Waals surface area contributed by atoms with Crippen molar-refractivity contribution in [2.45, 2.75) is 18.7 Å². The van der Waals surface area contributed by atoms with Crippen molar-refractivity contribution < 1.29 is 22.6 Å². The van der Waals surface area contributed by atoms with Gasteiger partial charge in [0.25, 0.3) is 21.5 Å². The molecule has 1 aliphatic carbocycles. The van der Waals surface area contributed by atoms with E-state index in [4.69, 9.17) is 11.6 Å². The Morgan fingerprint density at radius 1 is 0.839 bits per heavy atom. The number of sulfonamides is 1. The first kappa shape index (κ1) is 21.0. The predicted octanol–water partition coefficient (Wildman–Crippen LogP) is 3.47. The van der Waals surface area contributed by atoms with Crippen molar-refractivity contribution in [3.63, 3.8) is 0 Å². The molecular weight excluding hydrogens is 436 g/mol. The molecule has 156 valence electrons. The van der Waals surface area contributed by atoms with E-state index in [9.17, 15) is 18.0 Å². The van der Waals surface area contributed by atoms with Gasteiger partial charge >= 0.3 is 0 Å². The Morgan fingerprint density at radius 3 is 1.97 bits per heavy atom. The molecule has 4 rings (SSSR count). The van der Waals surface area contributed by atoms with Gasteiger partial charge in [0.1, 0.15) is 0 Å². The number of ketones is 2. The summed E-state index contributed by atoms with van der Waals surface area (Å²) in [6.07, 6.45) is 3.36. The first-order chi connectivity index (χ1) is 14.7. The maximum absolute atomic E-state index is 13.4. The Labute approximate surface area is 184 Å². The molecule has 0 unspecified atom stereocenters. The fraction of sp³-hybridized carbons (Fsp3) is 0.0870. The quantitative estimate of drug-likeness (QED) is 0.613. The van der Waals surface area contributed by atoms with Gasteiger partial charge in [0.2, 0.25) is 5.78 Å². The van der Waals surface area contributed by atoms with Crippen molar-refractivity contribution in [3.8, 4) is 0 Å². The summed E-state index contributed by atoms with van der Waals surface area (Å²) in [7, 11) is -4.15. The van der Waals surface area contributed by atoms with Crippen LogP contribution in [0.15, 0.2) is 77.6 Å². The van der Waals surface area contributed by atoms with E-state index in [2.05, 4.69) is 4.72 Å². The van der Waals surface area contributed by atoms with Crippen LogP contribution in [0.1, 0.15) is 31.8 Å². The molecule has 8 heteroatoms. The Morgan fingerprint density at radius 2 is 1.39 bits per heavy atom. The lowest BCUT2D eigenvalue weighted by Crippen LogP contribution is -2.45. The van der Waals surface area contributed by atoms with Crippen LogP contribution < -0.4 is 9.29 Å². The predicted molar refractivity (Wildman–Crippen MR) is 116 cm³/mol. The summed E-state index contributed by atoms with van der Waals surface area (Å²) >= 11 is 5.86. The van der Waals surface area contributed by atoms with E-state index in [1.807, 2.05) is 19.9 Å². The van der Waals surface area contributed by atoms with Crippen LogP contribution in [-0.4, -0.2) is 20.0 Å². The molecule has 6 nitrogen and oxygen atoms in total. The minimum Gasteiger partial charge on any atom is -0.287 e. The second kappa shape index (κ2) is 7.76. The second-order valence-electron chi connectivity index (χ2n) is 7.28. The van der Waals surface area contributed by atoms with Gasteiger partial charge in [0.05, 0.1) is 4.90 Å². The number of hydrogen-bond donors (Lipinski definition) is 1. The highest BCUT2D eigenvalue weighted by atomic mass is 35.5. The molecule has 0 saturated carbocycles. The molecule has 1 heterocycles. The van der Waals surface area contributed by atoms with Crippen molar-refractivity contribution in [3.05, 3.63) is 100.0 Å².